The molecule has 8 nitrogen and oxygen atoms in total. The standard InChI is InChI=1S/C18H22F3N3O5/c1-11-10-28-15-8-13(16(25)22-27)2-3-14(15)9-24(11)17(26)12-4-6-23(7-5-12)29-18(19,20)21/h2-3,8,11-12,27H,4-7,9-10H2,1H3,(H,22,25)/t11-/m0/s1. The van der Waals surface area contributed by atoms with Gasteiger partial charge in [-0.05, 0) is 31.9 Å². The smallest absolute Gasteiger partial charge is 0.491 e. The first kappa shape index (κ1) is 21.3. The molecule has 11 heteroatoms. The topological polar surface area (TPSA) is 91.3 Å². The Morgan fingerprint density at radius 1 is 1.28 bits per heavy atom. The summed E-state index contributed by atoms with van der Waals surface area (Å²) in [6.07, 6.45) is -4.20. The van der Waals surface area contributed by atoms with E-state index < -0.39 is 18.2 Å². The van der Waals surface area contributed by atoms with Crippen LogP contribution in [0, 0.1) is 5.92 Å². The van der Waals surface area contributed by atoms with Crippen molar-refractivity contribution >= 4 is 11.8 Å². The minimum Gasteiger partial charge on any atom is -0.491 e. The SMILES string of the molecule is C[C@H]1COc2cc(C(=O)NO)ccc2CN1C(=O)C1CCN(OC(F)(F)F)CC1. The molecule has 0 radical (unpaired) electrons. The van der Waals surface area contributed by atoms with Crippen molar-refractivity contribution in [3.05, 3.63) is 29.3 Å². The fourth-order valence-electron chi connectivity index (χ4n) is 3.54. The fraction of sp³-hybridized carbons (Fsp3) is 0.556. The molecule has 0 spiro atoms. The summed E-state index contributed by atoms with van der Waals surface area (Å²) in [5, 5.41) is 9.60. The Kier molecular flexibility index (Phi) is 6.30. The van der Waals surface area contributed by atoms with Crippen LogP contribution in [-0.4, -0.2) is 59.1 Å². The molecule has 29 heavy (non-hydrogen) atoms. The van der Waals surface area contributed by atoms with Gasteiger partial charge in [0.05, 0.1) is 6.04 Å². The number of hydrogen-bond acceptors (Lipinski definition) is 6. The second-order valence-corrected chi connectivity index (χ2v) is 7.13. The number of piperidine rings is 1. The molecule has 160 valence electrons. The van der Waals surface area contributed by atoms with Gasteiger partial charge in [0.25, 0.3) is 5.91 Å². The number of nitrogens with zero attached hydrogens (tertiary/aromatic N) is 2. The summed E-state index contributed by atoms with van der Waals surface area (Å²) in [5.74, 6) is -0.763. The Morgan fingerprint density at radius 3 is 2.59 bits per heavy atom. The van der Waals surface area contributed by atoms with Crippen LogP contribution in [0.15, 0.2) is 18.2 Å². The largest absolute Gasteiger partial charge is 0.539 e. The maximum Gasteiger partial charge on any atom is 0.539 e. The second kappa shape index (κ2) is 8.56. The van der Waals surface area contributed by atoms with Crippen molar-refractivity contribution in [3.63, 3.8) is 0 Å². The summed E-state index contributed by atoms with van der Waals surface area (Å²) in [4.78, 5) is 30.2. The molecule has 1 saturated heterocycles. The van der Waals surface area contributed by atoms with E-state index in [1.807, 2.05) is 6.92 Å². The lowest BCUT2D eigenvalue weighted by Gasteiger charge is -2.35. The molecular weight excluding hydrogens is 395 g/mol. The molecule has 2 amide bonds. The first-order valence-electron chi connectivity index (χ1n) is 9.19. The number of fused-ring (bicyclic) bond motifs is 1. The zero-order chi connectivity index (χ0) is 21.2. The normalized spacial score (nSPS) is 21.1. The summed E-state index contributed by atoms with van der Waals surface area (Å²) in [7, 11) is 0. The zero-order valence-electron chi connectivity index (χ0n) is 15.7. The number of nitrogens with one attached hydrogen (secondary N) is 1. The Morgan fingerprint density at radius 2 is 1.97 bits per heavy atom. The molecule has 1 fully saturated rings. The Balaban J connectivity index is 1.67. The van der Waals surface area contributed by atoms with Crippen LogP contribution < -0.4 is 10.2 Å². The van der Waals surface area contributed by atoms with Crippen molar-refractivity contribution in [2.24, 2.45) is 5.92 Å². The molecule has 2 heterocycles. The van der Waals surface area contributed by atoms with Gasteiger partial charge in [-0.3, -0.25) is 14.8 Å². The second-order valence-electron chi connectivity index (χ2n) is 7.13. The van der Waals surface area contributed by atoms with Crippen LogP contribution in [-0.2, 0) is 16.2 Å². The van der Waals surface area contributed by atoms with Crippen LogP contribution in [0.5, 0.6) is 5.75 Å². The molecule has 0 bridgehead atoms. The van der Waals surface area contributed by atoms with E-state index in [1.54, 1.807) is 16.4 Å². The van der Waals surface area contributed by atoms with Crippen molar-refractivity contribution in [2.45, 2.75) is 38.7 Å². The van der Waals surface area contributed by atoms with Crippen molar-refractivity contribution in [3.8, 4) is 5.75 Å². The quantitative estimate of drug-likeness (QED) is 0.578. The summed E-state index contributed by atoms with van der Waals surface area (Å²) < 4.78 is 42.7. The van der Waals surface area contributed by atoms with Gasteiger partial charge in [-0.1, -0.05) is 6.07 Å². The monoisotopic (exact) mass is 417 g/mol. The number of benzene rings is 1. The minimum absolute atomic E-state index is 0.0187. The first-order chi connectivity index (χ1) is 13.7. The van der Waals surface area contributed by atoms with E-state index in [9.17, 15) is 22.8 Å². The highest BCUT2D eigenvalue weighted by atomic mass is 19.4. The van der Waals surface area contributed by atoms with Gasteiger partial charge in [-0.25, -0.2) is 10.3 Å². The average molecular weight is 417 g/mol. The van der Waals surface area contributed by atoms with E-state index >= 15 is 0 Å². The summed E-state index contributed by atoms with van der Waals surface area (Å²) >= 11 is 0. The molecule has 1 aromatic rings. The minimum atomic E-state index is -4.73. The van der Waals surface area contributed by atoms with E-state index in [0.717, 1.165) is 5.06 Å². The number of amides is 2. The highest BCUT2D eigenvalue weighted by Crippen LogP contribution is 2.30. The van der Waals surface area contributed by atoms with Crippen LogP contribution in [0.1, 0.15) is 35.7 Å². The third-order valence-electron chi connectivity index (χ3n) is 5.10. The van der Waals surface area contributed by atoms with Gasteiger partial charge in [0.1, 0.15) is 12.4 Å². The van der Waals surface area contributed by atoms with Gasteiger partial charge in [0, 0.05) is 36.7 Å². The van der Waals surface area contributed by atoms with Crippen molar-refractivity contribution in [2.75, 3.05) is 19.7 Å². The highest BCUT2D eigenvalue weighted by molar-refractivity contribution is 5.93. The lowest BCUT2D eigenvalue weighted by molar-refractivity contribution is -0.417. The van der Waals surface area contributed by atoms with E-state index in [2.05, 4.69) is 4.84 Å². The molecule has 3 rings (SSSR count). The molecular formula is C18H22F3N3O5. The van der Waals surface area contributed by atoms with E-state index in [-0.39, 0.29) is 56.6 Å². The third kappa shape index (κ3) is 5.17. The van der Waals surface area contributed by atoms with Crippen molar-refractivity contribution in [1.82, 2.24) is 15.4 Å². The van der Waals surface area contributed by atoms with Crippen LogP contribution in [0.25, 0.3) is 0 Å². The number of alkyl halides is 3. The lowest BCUT2D eigenvalue weighted by Crippen LogP contribution is -2.47. The van der Waals surface area contributed by atoms with Gasteiger partial charge >= 0.3 is 6.36 Å². The van der Waals surface area contributed by atoms with E-state index in [1.165, 1.54) is 12.1 Å². The average Bonchev–Trinajstić information content (AvgIpc) is 2.84. The van der Waals surface area contributed by atoms with Crippen LogP contribution >= 0.6 is 0 Å². The van der Waals surface area contributed by atoms with E-state index in [4.69, 9.17) is 9.94 Å². The molecule has 1 atom stereocenters. The number of hydroxylamine groups is 3. The number of ether oxygens (including phenoxy) is 1. The first-order valence-corrected chi connectivity index (χ1v) is 9.19. The number of halogens is 3. The predicted octanol–water partition coefficient (Wildman–Crippen LogP) is 2.08. The van der Waals surface area contributed by atoms with E-state index in [0.29, 0.717) is 11.3 Å². The van der Waals surface area contributed by atoms with Crippen LogP contribution in [0.4, 0.5) is 13.2 Å². The van der Waals surface area contributed by atoms with Crippen LogP contribution in [0.3, 0.4) is 0 Å². The Hall–Kier alpha value is -2.37. The number of rotatable bonds is 3. The molecule has 2 aliphatic rings. The summed E-state index contributed by atoms with van der Waals surface area (Å²) in [6, 6.07) is 4.40. The maximum atomic E-state index is 13.0. The molecule has 0 saturated carbocycles. The van der Waals surface area contributed by atoms with Gasteiger partial charge in [0.2, 0.25) is 5.91 Å². The third-order valence-corrected chi connectivity index (χ3v) is 5.10. The van der Waals surface area contributed by atoms with Crippen molar-refractivity contribution < 1.29 is 37.5 Å². The summed E-state index contributed by atoms with van der Waals surface area (Å²) in [6.45, 7) is 2.33. The molecule has 2 N–H and O–H groups in total. The zero-order valence-corrected chi connectivity index (χ0v) is 15.7. The Labute approximate surface area is 165 Å². The molecule has 0 aliphatic carbocycles. The fourth-order valence-corrected chi connectivity index (χ4v) is 3.54. The predicted molar refractivity (Wildman–Crippen MR) is 92.6 cm³/mol. The van der Waals surface area contributed by atoms with Crippen molar-refractivity contribution in [1.29, 1.82) is 0 Å². The summed E-state index contributed by atoms with van der Waals surface area (Å²) in [5.41, 5.74) is 2.48. The van der Waals surface area contributed by atoms with Gasteiger partial charge in [-0.2, -0.15) is 5.06 Å². The number of carbonyl (C=O) groups is 2. The number of carbonyl (C=O) groups excluding carboxylic acids is 2. The highest BCUT2D eigenvalue weighted by Gasteiger charge is 2.37. The maximum absolute atomic E-state index is 13.0. The van der Waals surface area contributed by atoms with Gasteiger partial charge in [-0.15, -0.1) is 13.2 Å². The molecule has 2 aliphatic heterocycles. The molecule has 1 aromatic carbocycles. The molecule has 0 unspecified atom stereocenters. The van der Waals surface area contributed by atoms with Gasteiger partial charge < -0.3 is 9.64 Å². The number of hydrogen-bond donors (Lipinski definition) is 2. The Bertz CT molecular complexity index is 766. The van der Waals surface area contributed by atoms with Gasteiger partial charge in [0.15, 0.2) is 0 Å². The molecule has 0 aromatic heterocycles. The lowest BCUT2D eigenvalue weighted by atomic mass is 9.95. The van der Waals surface area contributed by atoms with Crippen LogP contribution in [0.2, 0.25) is 0 Å².